The number of urea groups is 1. The highest BCUT2D eigenvalue weighted by Gasteiger charge is 2.19. The molecule has 0 unspecified atom stereocenters. The van der Waals surface area contributed by atoms with E-state index in [1.54, 1.807) is 19.9 Å². The van der Waals surface area contributed by atoms with Crippen molar-refractivity contribution in [2.75, 3.05) is 11.9 Å². The number of benzene rings is 1. The van der Waals surface area contributed by atoms with E-state index >= 15 is 0 Å². The molecular formula is C11H14BrFN2O2. The van der Waals surface area contributed by atoms with E-state index in [0.717, 1.165) is 0 Å². The zero-order valence-corrected chi connectivity index (χ0v) is 11.1. The lowest BCUT2D eigenvalue weighted by molar-refractivity contribution is 0.187. The molecule has 0 fully saturated rings. The number of nitrogens with one attached hydrogen (secondary N) is 2. The van der Waals surface area contributed by atoms with E-state index < -0.39 is 17.4 Å². The Labute approximate surface area is 107 Å². The van der Waals surface area contributed by atoms with Gasteiger partial charge in [-0.2, -0.15) is 0 Å². The summed E-state index contributed by atoms with van der Waals surface area (Å²) in [6, 6.07) is 3.58. The van der Waals surface area contributed by atoms with Gasteiger partial charge in [-0.1, -0.05) is 15.9 Å². The van der Waals surface area contributed by atoms with E-state index in [-0.39, 0.29) is 6.61 Å². The van der Waals surface area contributed by atoms with E-state index in [1.165, 1.54) is 12.1 Å². The predicted octanol–water partition coefficient (Wildman–Crippen LogP) is 2.48. The second kappa shape index (κ2) is 5.46. The first-order valence-electron chi connectivity index (χ1n) is 4.98. The van der Waals surface area contributed by atoms with Gasteiger partial charge in [-0.05, 0) is 32.0 Å². The molecule has 0 radical (unpaired) electrons. The van der Waals surface area contributed by atoms with Crippen LogP contribution in [-0.2, 0) is 0 Å². The molecule has 0 aromatic heterocycles. The molecule has 0 aliphatic carbocycles. The Morgan fingerprint density at radius 1 is 1.47 bits per heavy atom. The summed E-state index contributed by atoms with van der Waals surface area (Å²) in [6.07, 6.45) is 0. The number of aliphatic hydroxyl groups excluding tert-OH is 1. The zero-order chi connectivity index (χ0) is 13.1. The first-order chi connectivity index (χ1) is 7.82. The van der Waals surface area contributed by atoms with Crippen molar-refractivity contribution in [2.45, 2.75) is 19.4 Å². The van der Waals surface area contributed by atoms with Gasteiger partial charge in [0.2, 0.25) is 0 Å². The lowest BCUT2D eigenvalue weighted by Crippen LogP contribution is -2.48. The van der Waals surface area contributed by atoms with Gasteiger partial charge in [0, 0.05) is 10.2 Å². The van der Waals surface area contributed by atoms with Crippen molar-refractivity contribution < 1.29 is 14.3 Å². The van der Waals surface area contributed by atoms with Gasteiger partial charge in [0.05, 0.1) is 12.1 Å². The van der Waals surface area contributed by atoms with Crippen LogP contribution in [0, 0.1) is 5.82 Å². The van der Waals surface area contributed by atoms with Crippen molar-refractivity contribution >= 4 is 27.6 Å². The van der Waals surface area contributed by atoms with Crippen LogP contribution in [0.3, 0.4) is 0 Å². The highest BCUT2D eigenvalue weighted by Crippen LogP contribution is 2.18. The van der Waals surface area contributed by atoms with E-state index in [2.05, 4.69) is 26.6 Å². The van der Waals surface area contributed by atoms with Crippen LogP contribution in [0.25, 0.3) is 0 Å². The molecule has 0 heterocycles. The molecule has 0 saturated carbocycles. The average molecular weight is 305 g/mol. The molecule has 1 aromatic carbocycles. The number of hydrogen-bond donors (Lipinski definition) is 3. The number of amides is 2. The molecule has 0 bridgehead atoms. The van der Waals surface area contributed by atoms with E-state index in [0.29, 0.717) is 10.2 Å². The Morgan fingerprint density at radius 3 is 2.65 bits per heavy atom. The molecule has 1 rings (SSSR count). The van der Waals surface area contributed by atoms with E-state index in [4.69, 9.17) is 5.11 Å². The predicted molar refractivity (Wildman–Crippen MR) is 67.4 cm³/mol. The number of carbonyl (C=O) groups is 1. The highest BCUT2D eigenvalue weighted by atomic mass is 79.9. The Hall–Kier alpha value is -1.14. The minimum absolute atomic E-state index is 0.187. The van der Waals surface area contributed by atoms with Gasteiger partial charge in [-0.15, -0.1) is 0 Å². The number of aliphatic hydroxyl groups is 1. The van der Waals surface area contributed by atoms with Gasteiger partial charge >= 0.3 is 6.03 Å². The zero-order valence-electron chi connectivity index (χ0n) is 9.55. The van der Waals surface area contributed by atoms with E-state index in [9.17, 15) is 9.18 Å². The molecule has 2 amide bonds. The largest absolute Gasteiger partial charge is 0.394 e. The van der Waals surface area contributed by atoms with Crippen molar-refractivity contribution in [3.8, 4) is 0 Å². The normalized spacial score (nSPS) is 11.1. The monoisotopic (exact) mass is 304 g/mol. The molecule has 0 saturated heterocycles. The second-order valence-electron chi connectivity index (χ2n) is 4.28. The molecule has 0 atom stereocenters. The fourth-order valence-corrected chi connectivity index (χ4v) is 1.60. The van der Waals surface area contributed by atoms with Gasteiger partial charge in [0.15, 0.2) is 0 Å². The summed E-state index contributed by atoms with van der Waals surface area (Å²) >= 11 is 3.13. The minimum atomic E-state index is -0.728. The number of carbonyl (C=O) groups excluding carboxylic acids is 1. The van der Waals surface area contributed by atoms with Crippen LogP contribution in [-0.4, -0.2) is 23.3 Å². The van der Waals surface area contributed by atoms with Crippen LogP contribution in [0.1, 0.15) is 13.8 Å². The third-order valence-corrected chi connectivity index (χ3v) is 2.43. The summed E-state index contributed by atoms with van der Waals surface area (Å²) in [4.78, 5) is 11.5. The molecule has 0 spiro atoms. The summed E-state index contributed by atoms with van der Waals surface area (Å²) in [7, 11) is 0. The second-order valence-corrected chi connectivity index (χ2v) is 5.19. The maximum Gasteiger partial charge on any atom is 0.319 e. The van der Waals surface area contributed by atoms with E-state index in [1.807, 2.05) is 0 Å². The van der Waals surface area contributed by atoms with Crippen LogP contribution in [0.2, 0.25) is 0 Å². The summed E-state index contributed by atoms with van der Waals surface area (Å²) < 4.78 is 13.6. The van der Waals surface area contributed by atoms with Gasteiger partial charge in [0.25, 0.3) is 0 Å². The fourth-order valence-electron chi connectivity index (χ4n) is 1.14. The lowest BCUT2D eigenvalue weighted by Gasteiger charge is -2.23. The van der Waals surface area contributed by atoms with Crippen LogP contribution in [0.5, 0.6) is 0 Å². The minimum Gasteiger partial charge on any atom is -0.394 e. The Kier molecular flexibility index (Phi) is 4.47. The topological polar surface area (TPSA) is 61.4 Å². The standard InChI is InChI=1S/C11H14BrFN2O2/c1-11(2,6-16)15-10(17)14-9-4-7(12)3-8(13)5-9/h3-5,16H,6H2,1-2H3,(H2,14,15,17). The Bertz CT molecular complexity index is 404. The van der Waals surface area contributed by atoms with Gasteiger partial charge < -0.3 is 15.7 Å². The summed E-state index contributed by atoms with van der Waals surface area (Å²) in [5, 5.41) is 14.0. The van der Waals surface area contributed by atoms with Crippen molar-refractivity contribution in [3.05, 3.63) is 28.5 Å². The van der Waals surface area contributed by atoms with Crippen LogP contribution >= 0.6 is 15.9 Å². The maximum atomic E-state index is 13.0. The third kappa shape index (κ3) is 4.70. The molecule has 4 nitrogen and oxygen atoms in total. The highest BCUT2D eigenvalue weighted by molar-refractivity contribution is 9.10. The van der Waals surface area contributed by atoms with Crippen molar-refractivity contribution in [2.24, 2.45) is 0 Å². The Balaban J connectivity index is 2.68. The third-order valence-electron chi connectivity index (χ3n) is 1.97. The number of hydrogen-bond acceptors (Lipinski definition) is 2. The fraction of sp³-hybridized carbons (Fsp3) is 0.364. The Morgan fingerprint density at radius 2 is 2.12 bits per heavy atom. The molecular weight excluding hydrogens is 291 g/mol. The summed E-state index contributed by atoms with van der Waals surface area (Å²) in [6.45, 7) is 3.16. The molecule has 6 heteroatoms. The lowest BCUT2D eigenvalue weighted by atomic mass is 10.1. The van der Waals surface area contributed by atoms with Gasteiger partial charge in [-0.3, -0.25) is 0 Å². The molecule has 0 aliphatic heterocycles. The first-order valence-corrected chi connectivity index (χ1v) is 5.78. The number of anilines is 1. The average Bonchev–Trinajstić information content (AvgIpc) is 2.14. The molecule has 94 valence electrons. The van der Waals surface area contributed by atoms with Crippen LogP contribution < -0.4 is 10.6 Å². The van der Waals surface area contributed by atoms with Crippen LogP contribution in [0.4, 0.5) is 14.9 Å². The molecule has 1 aromatic rings. The molecule has 0 aliphatic rings. The van der Waals surface area contributed by atoms with Crippen LogP contribution in [0.15, 0.2) is 22.7 Å². The number of rotatable bonds is 3. The quantitative estimate of drug-likeness (QED) is 0.803. The van der Waals surface area contributed by atoms with Crippen molar-refractivity contribution in [3.63, 3.8) is 0 Å². The molecule has 17 heavy (non-hydrogen) atoms. The first kappa shape index (κ1) is 13.9. The molecule has 3 N–H and O–H groups in total. The van der Waals surface area contributed by atoms with Crippen molar-refractivity contribution in [1.82, 2.24) is 5.32 Å². The smallest absolute Gasteiger partial charge is 0.319 e. The summed E-state index contributed by atoms with van der Waals surface area (Å²) in [5.41, 5.74) is -0.391. The SMILES string of the molecule is CC(C)(CO)NC(=O)Nc1cc(F)cc(Br)c1. The number of halogens is 2. The van der Waals surface area contributed by atoms with Crippen molar-refractivity contribution in [1.29, 1.82) is 0 Å². The van der Waals surface area contributed by atoms with Gasteiger partial charge in [0.1, 0.15) is 5.82 Å². The summed E-state index contributed by atoms with van der Waals surface area (Å²) in [5.74, 6) is -0.448. The maximum absolute atomic E-state index is 13.0. The van der Waals surface area contributed by atoms with Gasteiger partial charge in [-0.25, -0.2) is 9.18 Å².